The van der Waals surface area contributed by atoms with E-state index in [-0.39, 0.29) is 33.1 Å². The summed E-state index contributed by atoms with van der Waals surface area (Å²) in [5.74, 6) is -1.28. The molecule has 0 aromatic heterocycles. The van der Waals surface area contributed by atoms with Crippen molar-refractivity contribution < 1.29 is 28.2 Å². The van der Waals surface area contributed by atoms with Crippen molar-refractivity contribution in [2.75, 3.05) is 5.32 Å². The number of hydrazone groups is 1. The molecule has 4 N–H and O–H groups in total. The van der Waals surface area contributed by atoms with Crippen molar-refractivity contribution >= 4 is 35.2 Å². The number of aromatic carboxylic acids is 1. The van der Waals surface area contributed by atoms with Crippen LogP contribution in [0.2, 0.25) is 0 Å². The van der Waals surface area contributed by atoms with Gasteiger partial charge >= 0.3 is 12.1 Å². The first-order valence-corrected chi connectivity index (χ1v) is 9.49. The molecular formula is C22H16F3N3O3S. The zero-order chi connectivity index (χ0) is 23.3. The second kappa shape index (κ2) is 9.48. The number of carbonyl (C=O) groups is 1. The summed E-state index contributed by atoms with van der Waals surface area (Å²) in [4.78, 5) is 10.9. The first kappa shape index (κ1) is 22.8. The topological polar surface area (TPSA) is 94.0 Å². The fourth-order valence-corrected chi connectivity index (χ4v) is 2.95. The van der Waals surface area contributed by atoms with Gasteiger partial charge in [-0.1, -0.05) is 24.3 Å². The van der Waals surface area contributed by atoms with Crippen molar-refractivity contribution in [3.8, 4) is 16.9 Å². The number of carboxylic acids is 1. The minimum atomic E-state index is -4.49. The van der Waals surface area contributed by atoms with Crippen molar-refractivity contribution in [2.45, 2.75) is 6.18 Å². The molecule has 0 aliphatic heterocycles. The minimum absolute atomic E-state index is 0.109. The van der Waals surface area contributed by atoms with E-state index in [1.165, 1.54) is 48.7 Å². The Morgan fingerprint density at radius 3 is 2.38 bits per heavy atom. The van der Waals surface area contributed by atoms with Crippen LogP contribution in [0, 0.1) is 0 Å². The number of thiocarbonyl (C=S) groups is 1. The second-order valence-electron chi connectivity index (χ2n) is 6.53. The Labute approximate surface area is 186 Å². The largest absolute Gasteiger partial charge is 0.507 e. The van der Waals surface area contributed by atoms with Crippen molar-refractivity contribution in [3.63, 3.8) is 0 Å². The van der Waals surface area contributed by atoms with E-state index < -0.39 is 17.7 Å². The van der Waals surface area contributed by atoms with Crippen LogP contribution in [0.15, 0.2) is 71.8 Å². The summed E-state index contributed by atoms with van der Waals surface area (Å²) in [6.45, 7) is 0. The van der Waals surface area contributed by atoms with Gasteiger partial charge < -0.3 is 15.5 Å². The minimum Gasteiger partial charge on any atom is -0.507 e. The molecule has 164 valence electrons. The lowest BCUT2D eigenvalue weighted by Gasteiger charge is -2.11. The van der Waals surface area contributed by atoms with E-state index in [2.05, 4.69) is 15.8 Å². The zero-order valence-corrected chi connectivity index (χ0v) is 17.0. The van der Waals surface area contributed by atoms with Crippen LogP contribution >= 0.6 is 12.2 Å². The molecule has 0 amide bonds. The third kappa shape index (κ3) is 5.61. The van der Waals surface area contributed by atoms with Crippen molar-refractivity contribution in [1.82, 2.24) is 5.43 Å². The average Bonchev–Trinajstić information content (AvgIpc) is 2.75. The smallest absolute Gasteiger partial charge is 0.416 e. The van der Waals surface area contributed by atoms with Gasteiger partial charge in [-0.3, -0.25) is 5.43 Å². The number of phenols is 1. The molecule has 3 rings (SSSR count). The van der Waals surface area contributed by atoms with Crippen LogP contribution in [0.3, 0.4) is 0 Å². The normalized spacial score (nSPS) is 11.3. The van der Waals surface area contributed by atoms with Gasteiger partial charge in [-0.25, -0.2) is 4.79 Å². The molecule has 0 fully saturated rings. The molecule has 0 aliphatic carbocycles. The van der Waals surface area contributed by atoms with Gasteiger partial charge in [-0.2, -0.15) is 18.3 Å². The van der Waals surface area contributed by atoms with Crippen LogP contribution in [-0.4, -0.2) is 27.5 Å². The van der Waals surface area contributed by atoms with E-state index >= 15 is 0 Å². The Kier molecular flexibility index (Phi) is 6.74. The molecule has 0 saturated carbocycles. The van der Waals surface area contributed by atoms with Gasteiger partial charge in [0.25, 0.3) is 0 Å². The summed E-state index contributed by atoms with van der Waals surface area (Å²) in [5.41, 5.74) is 3.09. The maximum atomic E-state index is 13.0. The van der Waals surface area contributed by atoms with E-state index in [0.29, 0.717) is 5.69 Å². The number of benzene rings is 3. The molecule has 0 unspecified atom stereocenters. The predicted molar refractivity (Wildman–Crippen MR) is 119 cm³/mol. The number of nitrogens with one attached hydrogen (secondary N) is 2. The van der Waals surface area contributed by atoms with Gasteiger partial charge in [0.1, 0.15) is 5.75 Å². The Hall–Kier alpha value is -3.92. The lowest BCUT2D eigenvalue weighted by molar-refractivity contribution is -0.137. The monoisotopic (exact) mass is 459 g/mol. The summed E-state index contributed by atoms with van der Waals surface area (Å²) in [6.07, 6.45) is -3.22. The van der Waals surface area contributed by atoms with Gasteiger partial charge in [0.15, 0.2) is 5.11 Å². The van der Waals surface area contributed by atoms with Crippen LogP contribution in [0.4, 0.5) is 18.9 Å². The highest BCUT2D eigenvalue weighted by Crippen LogP contribution is 2.36. The highest BCUT2D eigenvalue weighted by Gasteiger charge is 2.30. The second-order valence-corrected chi connectivity index (χ2v) is 6.94. The standard InChI is InChI=1S/C22H16F3N3O3S/c23-22(24,25)16-5-1-3-14(11-16)18-6-2-4-15(19(18)29)12-26-28-21(32)27-17-9-7-13(8-10-17)20(30)31/h1-12,29H,(H,30,31)(H2,27,28,32). The molecule has 0 heterocycles. The molecular weight excluding hydrogens is 443 g/mol. The summed E-state index contributed by atoms with van der Waals surface area (Å²) in [6, 6.07) is 15.2. The maximum Gasteiger partial charge on any atom is 0.416 e. The van der Waals surface area contributed by atoms with E-state index in [4.69, 9.17) is 17.3 Å². The lowest BCUT2D eigenvalue weighted by atomic mass is 10.00. The Balaban J connectivity index is 1.70. The molecule has 0 aliphatic rings. The summed E-state index contributed by atoms with van der Waals surface area (Å²) < 4.78 is 38.9. The van der Waals surface area contributed by atoms with Gasteiger partial charge in [0.2, 0.25) is 0 Å². The molecule has 6 nitrogen and oxygen atoms in total. The molecule has 0 bridgehead atoms. The average molecular weight is 459 g/mol. The maximum absolute atomic E-state index is 13.0. The quantitative estimate of drug-likeness (QED) is 0.241. The summed E-state index contributed by atoms with van der Waals surface area (Å²) in [5, 5.41) is 26.3. The Morgan fingerprint density at radius 1 is 1.03 bits per heavy atom. The number of hydrogen-bond acceptors (Lipinski definition) is 4. The number of nitrogens with zero attached hydrogens (tertiary/aromatic N) is 1. The first-order chi connectivity index (χ1) is 15.1. The molecule has 0 spiro atoms. The number of para-hydroxylation sites is 1. The van der Waals surface area contributed by atoms with Crippen LogP contribution in [0.1, 0.15) is 21.5 Å². The highest BCUT2D eigenvalue weighted by atomic mass is 32.1. The molecule has 0 saturated heterocycles. The van der Waals surface area contributed by atoms with Gasteiger partial charge in [-0.15, -0.1) is 0 Å². The van der Waals surface area contributed by atoms with Crippen molar-refractivity contribution in [1.29, 1.82) is 0 Å². The zero-order valence-electron chi connectivity index (χ0n) is 16.2. The van der Waals surface area contributed by atoms with Crippen molar-refractivity contribution in [2.24, 2.45) is 5.10 Å². The Bertz CT molecular complexity index is 1180. The summed E-state index contributed by atoms with van der Waals surface area (Å²) >= 11 is 5.10. The third-order valence-electron chi connectivity index (χ3n) is 4.33. The van der Waals surface area contributed by atoms with E-state index in [1.54, 1.807) is 12.1 Å². The molecule has 32 heavy (non-hydrogen) atoms. The van der Waals surface area contributed by atoms with Crippen LogP contribution in [0.5, 0.6) is 5.75 Å². The number of anilines is 1. The van der Waals surface area contributed by atoms with E-state index in [1.807, 2.05) is 0 Å². The van der Waals surface area contributed by atoms with E-state index in [9.17, 15) is 23.1 Å². The predicted octanol–water partition coefficient (Wildman–Crippen LogP) is 5.10. The fourth-order valence-electron chi connectivity index (χ4n) is 2.78. The fraction of sp³-hybridized carbons (Fsp3) is 0.0455. The number of halogens is 3. The number of carboxylic acid groups (broad SMARTS) is 1. The Morgan fingerprint density at radius 2 is 1.72 bits per heavy atom. The lowest BCUT2D eigenvalue weighted by Crippen LogP contribution is -2.23. The number of rotatable bonds is 5. The van der Waals surface area contributed by atoms with Crippen LogP contribution in [0.25, 0.3) is 11.1 Å². The summed E-state index contributed by atoms with van der Waals surface area (Å²) in [7, 11) is 0. The molecule has 0 atom stereocenters. The SMILES string of the molecule is O=C(O)c1ccc(NC(=S)NN=Cc2cccc(-c3cccc(C(F)(F)F)c3)c2O)cc1. The molecule has 3 aromatic rings. The third-order valence-corrected chi connectivity index (χ3v) is 4.52. The van der Waals surface area contributed by atoms with Crippen molar-refractivity contribution in [3.05, 3.63) is 83.4 Å². The molecule has 10 heteroatoms. The van der Waals surface area contributed by atoms with Gasteiger partial charge in [0, 0.05) is 16.8 Å². The molecule has 3 aromatic carbocycles. The van der Waals surface area contributed by atoms with Crippen LogP contribution < -0.4 is 10.7 Å². The highest BCUT2D eigenvalue weighted by molar-refractivity contribution is 7.80. The van der Waals surface area contributed by atoms with Crippen LogP contribution in [-0.2, 0) is 6.18 Å². The number of aromatic hydroxyl groups is 1. The first-order valence-electron chi connectivity index (χ1n) is 9.08. The van der Waals surface area contributed by atoms with E-state index in [0.717, 1.165) is 12.1 Å². The van der Waals surface area contributed by atoms with Gasteiger partial charge in [0.05, 0.1) is 17.3 Å². The number of hydrogen-bond donors (Lipinski definition) is 4. The van der Waals surface area contributed by atoms with Gasteiger partial charge in [-0.05, 0) is 60.2 Å². The molecule has 0 radical (unpaired) electrons. The number of phenolic OH excluding ortho intramolecular Hbond substituents is 1. The number of alkyl halides is 3.